The number of carbonyl (C=O) groups excluding carboxylic acids is 3. The van der Waals surface area contributed by atoms with Crippen LogP contribution in [-0.2, 0) is 9.59 Å². The van der Waals surface area contributed by atoms with Gasteiger partial charge in [-0.05, 0) is 49.2 Å². The van der Waals surface area contributed by atoms with Crippen molar-refractivity contribution in [3.8, 4) is 0 Å². The highest BCUT2D eigenvalue weighted by Gasteiger charge is 2.12. The molecule has 0 fully saturated rings. The fourth-order valence-electron chi connectivity index (χ4n) is 2.27. The highest BCUT2D eigenvalue weighted by Crippen LogP contribution is 2.14. The maximum atomic E-state index is 11.9. The number of rotatable bonds is 6. The molecule has 0 unspecified atom stereocenters. The molecule has 2 aromatic carbocycles. The van der Waals surface area contributed by atoms with Crippen LogP contribution in [0.4, 0.5) is 11.4 Å². The van der Waals surface area contributed by atoms with Crippen molar-refractivity contribution < 1.29 is 19.3 Å². The van der Waals surface area contributed by atoms with Crippen LogP contribution in [0.15, 0.2) is 42.5 Å². The number of anilines is 1. The number of non-ortho nitro benzene ring substituents is 1. The third kappa shape index (κ3) is 5.90. The highest BCUT2D eigenvalue weighted by molar-refractivity contribution is 5.96. The van der Waals surface area contributed by atoms with Gasteiger partial charge in [-0.25, -0.2) is 0 Å². The summed E-state index contributed by atoms with van der Waals surface area (Å²) in [7, 11) is 0. The van der Waals surface area contributed by atoms with E-state index in [1.807, 2.05) is 26.0 Å². The highest BCUT2D eigenvalue weighted by atomic mass is 16.6. The smallest absolute Gasteiger partial charge is 0.269 e. The molecule has 3 N–H and O–H groups in total. The molecule has 0 heterocycles. The first-order valence-corrected chi connectivity index (χ1v) is 8.47. The van der Waals surface area contributed by atoms with Crippen molar-refractivity contribution in [3.05, 3.63) is 69.3 Å². The molecule has 0 saturated carbocycles. The van der Waals surface area contributed by atoms with Gasteiger partial charge in [-0.2, -0.15) is 0 Å². The first-order chi connectivity index (χ1) is 13.3. The van der Waals surface area contributed by atoms with Crippen LogP contribution in [0.3, 0.4) is 0 Å². The lowest BCUT2D eigenvalue weighted by atomic mass is 10.1. The number of benzene rings is 2. The van der Waals surface area contributed by atoms with Gasteiger partial charge in [0.1, 0.15) is 0 Å². The van der Waals surface area contributed by atoms with E-state index in [2.05, 4.69) is 16.2 Å². The van der Waals surface area contributed by atoms with E-state index in [9.17, 15) is 24.5 Å². The monoisotopic (exact) mass is 384 g/mol. The summed E-state index contributed by atoms with van der Waals surface area (Å²) in [6.07, 6.45) is -0.163. The van der Waals surface area contributed by atoms with Crippen molar-refractivity contribution in [3.63, 3.8) is 0 Å². The summed E-state index contributed by atoms with van der Waals surface area (Å²) in [4.78, 5) is 45.6. The summed E-state index contributed by atoms with van der Waals surface area (Å²) in [5.41, 5.74) is 7.22. The summed E-state index contributed by atoms with van der Waals surface area (Å²) in [6.45, 7) is 3.91. The SMILES string of the molecule is Cc1ccc(NC(=O)CCC(=O)NNC(=O)c2ccc([N+](=O)[O-])cc2)cc1C. The molecule has 9 nitrogen and oxygen atoms in total. The Morgan fingerprint density at radius 2 is 1.54 bits per heavy atom. The topological polar surface area (TPSA) is 130 Å². The molecular formula is C19H20N4O5. The largest absolute Gasteiger partial charge is 0.326 e. The Hall–Kier alpha value is -3.75. The minimum atomic E-state index is -0.622. The summed E-state index contributed by atoms with van der Waals surface area (Å²) < 4.78 is 0. The fraction of sp³-hybridized carbons (Fsp3) is 0.211. The maximum Gasteiger partial charge on any atom is 0.269 e. The van der Waals surface area contributed by atoms with Crippen LogP contribution < -0.4 is 16.2 Å². The number of amides is 3. The Morgan fingerprint density at radius 3 is 2.14 bits per heavy atom. The number of hydrogen-bond donors (Lipinski definition) is 3. The summed E-state index contributed by atoms with van der Waals surface area (Å²) in [6, 6.07) is 10.4. The lowest BCUT2D eigenvalue weighted by molar-refractivity contribution is -0.384. The molecule has 0 aromatic heterocycles. The number of nitro groups is 1. The predicted molar refractivity (Wildman–Crippen MR) is 102 cm³/mol. The van der Waals surface area contributed by atoms with Crippen molar-refractivity contribution >= 4 is 29.1 Å². The predicted octanol–water partition coefficient (Wildman–Crippen LogP) is 2.39. The zero-order chi connectivity index (χ0) is 20.7. The van der Waals surface area contributed by atoms with Gasteiger partial charge in [0.25, 0.3) is 11.6 Å². The number of nitrogens with zero attached hydrogens (tertiary/aromatic N) is 1. The number of hydrogen-bond acceptors (Lipinski definition) is 5. The van der Waals surface area contributed by atoms with Gasteiger partial charge in [-0.1, -0.05) is 6.07 Å². The Morgan fingerprint density at radius 1 is 0.893 bits per heavy atom. The molecule has 0 bridgehead atoms. The first kappa shape index (κ1) is 20.6. The first-order valence-electron chi connectivity index (χ1n) is 8.47. The molecule has 3 amide bonds. The van der Waals surface area contributed by atoms with Gasteiger partial charge in [-0.3, -0.25) is 35.3 Å². The van der Waals surface area contributed by atoms with Crippen LogP contribution in [0.1, 0.15) is 34.3 Å². The fourth-order valence-corrected chi connectivity index (χ4v) is 2.27. The third-order valence-electron chi connectivity index (χ3n) is 4.03. The number of carbonyl (C=O) groups is 3. The van der Waals surface area contributed by atoms with Crippen molar-refractivity contribution in [1.82, 2.24) is 10.9 Å². The van der Waals surface area contributed by atoms with Crippen LogP contribution in [0, 0.1) is 24.0 Å². The van der Waals surface area contributed by atoms with Gasteiger partial charge >= 0.3 is 0 Å². The Balaban J connectivity index is 1.75. The summed E-state index contributed by atoms with van der Waals surface area (Å²) in [5, 5.41) is 13.3. The molecular weight excluding hydrogens is 364 g/mol. The molecule has 0 spiro atoms. The zero-order valence-corrected chi connectivity index (χ0v) is 15.4. The van der Waals surface area contributed by atoms with Crippen LogP contribution >= 0.6 is 0 Å². The second-order valence-corrected chi connectivity index (χ2v) is 6.15. The Kier molecular flexibility index (Phi) is 6.80. The molecule has 0 saturated heterocycles. The minimum Gasteiger partial charge on any atom is -0.326 e. The number of hydrazine groups is 1. The molecule has 0 atom stereocenters. The van der Waals surface area contributed by atoms with E-state index in [0.29, 0.717) is 5.69 Å². The van der Waals surface area contributed by atoms with Gasteiger partial charge in [0.05, 0.1) is 4.92 Å². The van der Waals surface area contributed by atoms with E-state index < -0.39 is 16.7 Å². The normalized spacial score (nSPS) is 10.1. The van der Waals surface area contributed by atoms with Gasteiger partial charge in [0, 0.05) is 36.2 Å². The van der Waals surface area contributed by atoms with E-state index >= 15 is 0 Å². The number of nitro benzene ring substituents is 1. The number of nitrogens with one attached hydrogen (secondary N) is 3. The van der Waals surface area contributed by atoms with E-state index in [-0.39, 0.29) is 30.0 Å². The molecule has 0 radical (unpaired) electrons. The number of aryl methyl sites for hydroxylation is 2. The lowest BCUT2D eigenvalue weighted by Gasteiger charge is -2.09. The summed E-state index contributed by atoms with van der Waals surface area (Å²) in [5.74, 6) is -1.48. The van der Waals surface area contributed by atoms with Gasteiger partial charge in [-0.15, -0.1) is 0 Å². The van der Waals surface area contributed by atoms with E-state index in [1.165, 1.54) is 24.3 Å². The Labute approximate surface area is 161 Å². The third-order valence-corrected chi connectivity index (χ3v) is 4.03. The maximum absolute atomic E-state index is 11.9. The minimum absolute atomic E-state index is 0.0494. The van der Waals surface area contributed by atoms with E-state index in [0.717, 1.165) is 11.1 Å². The zero-order valence-electron chi connectivity index (χ0n) is 15.4. The van der Waals surface area contributed by atoms with Crippen molar-refractivity contribution in [2.24, 2.45) is 0 Å². The van der Waals surface area contributed by atoms with Gasteiger partial charge < -0.3 is 5.32 Å². The quantitative estimate of drug-likeness (QED) is 0.520. The molecule has 28 heavy (non-hydrogen) atoms. The Bertz CT molecular complexity index is 909. The van der Waals surface area contributed by atoms with Crippen LogP contribution in [0.25, 0.3) is 0 Å². The van der Waals surface area contributed by atoms with Gasteiger partial charge in [0.15, 0.2) is 0 Å². The average Bonchev–Trinajstić information content (AvgIpc) is 2.67. The molecule has 0 aliphatic rings. The van der Waals surface area contributed by atoms with Crippen LogP contribution in [0.2, 0.25) is 0 Å². The molecule has 146 valence electrons. The van der Waals surface area contributed by atoms with Crippen LogP contribution in [-0.4, -0.2) is 22.6 Å². The van der Waals surface area contributed by atoms with Crippen LogP contribution in [0.5, 0.6) is 0 Å². The van der Waals surface area contributed by atoms with E-state index in [4.69, 9.17) is 0 Å². The summed E-state index contributed by atoms with van der Waals surface area (Å²) >= 11 is 0. The molecule has 0 aliphatic heterocycles. The molecule has 9 heteroatoms. The standard InChI is InChI=1S/C19H20N4O5/c1-12-3-6-15(11-13(12)2)20-17(24)9-10-18(25)21-22-19(26)14-4-7-16(8-5-14)23(27)28/h3-8,11H,9-10H2,1-2H3,(H,20,24)(H,21,25)(H,22,26). The van der Waals surface area contributed by atoms with E-state index in [1.54, 1.807) is 6.07 Å². The van der Waals surface area contributed by atoms with Crippen molar-refractivity contribution in [1.29, 1.82) is 0 Å². The van der Waals surface area contributed by atoms with Crippen molar-refractivity contribution in [2.75, 3.05) is 5.32 Å². The molecule has 2 rings (SSSR count). The second-order valence-electron chi connectivity index (χ2n) is 6.15. The van der Waals surface area contributed by atoms with Crippen molar-refractivity contribution in [2.45, 2.75) is 26.7 Å². The molecule has 0 aliphatic carbocycles. The average molecular weight is 384 g/mol. The van der Waals surface area contributed by atoms with Gasteiger partial charge in [0.2, 0.25) is 11.8 Å². The lowest BCUT2D eigenvalue weighted by Crippen LogP contribution is -2.41. The second kappa shape index (κ2) is 9.26. The molecule has 2 aromatic rings.